The molecule has 88 valence electrons. The van der Waals surface area contributed by atoms with Crippen LogP contribution in [0, 0.1) is 0 Å². The SMILES string of the molecule is ClCc1ccnc(-n2cnc3c2CCCC3)c1. The van der Waals surface area contributed by atoms with Crippen molar-refractivity contribution >= 4 is 11.6 Å². The van der Waals surface area contributed by atoms with Crippen molar-refractivity contribution in [2.45, 2.75) is 31.6 Å². The van der Waals surface area contributed by atoms with Crippen LogP contribution in [0.4, 0.5) is 0 Å². The van der Waals surface area contributed by atoms with E-state index in [0.717, 1.165) is 24.2 Å². The second-order valence-corrected chi connectivity index (χ2v) is 4.64. The highest BCUT2D eigenvalue weighted by Crippen LogP contribution is 2.22. The van der Waals surface area contributed by atoms with Crippen LogP contribution in [0.1, 0.15) is 29.8 Å². The van der Waals surface area contributed by atoms with Gasteiger partial charge in [-0.1, -0.05) is 0 Å². The number of rotatable bonds is 2. The number of aromatic nitrogens is 3. The second kappa shape index (κ2) is 4.49. The summed E-state index contributed by atoms with van der Waals surface area (Å²) in [7, 11) is 0. The smallest absolute Gasteiger partial charge is 0.138 e. The highest BCUT2D eigenvalue weighted by atomic mass is 35.5. The summed E-state index contributed by atoms with van der Waals surface area (Å²) in [4.78, 5) is 8.88. The molecule has 0 spiro atoms. The zero-order valence-corrected chi connectivity index (χ0v) is 10.3. The molecule has 0 unspecified atom stereocenters. The van der Waals surface area contributed by atoms with Crippen LogP contribution in [0.5, 0.6) is 0 Å². The Morgan fingerprint density at radius 1 is 1.24 bits per heavy atom. The first-order valence-corrected chi connectivity index (χ1v) is 6.48. The van der Waals surface area contributed by atoms with Gasteiger partial charge in [0.2, 0.25) is 0 Å². The number of nitrogens with zero attached hydrogens (tertiary/aromatic N) is 3. The van der Waals surface area contributed by atoms with Gasteiger partial charge in [-0.15, -0.1) is 11.6 Å². The van der Waals surface area contributed by atoms with E-state index in [0.29, 0.717) is 5.88 Å². The standard InChI is InChI=1S/C13H14ClN3/c14-8-10-5-6-15-13(7-10)17-9-16-11-3-1-2-4-12(11)17/h5-7,9H,1-4,8H2. The number of imidazole rings is 1. The quantitative estimate of drug-likeness (QED) is 0.764. The van der Waals surface area contributed by atoms with E-state index < -0.39 is 0 Å². The van der Waals surface area contributed by atoms with Gasteiger partial charge in [0.25, 0.3) is 0 Å². The van der Waals surface area contributed by atoms with Crippen molar-refractivity contribution in [3.63, 3.8) is 0 Å². The molecule has 2 aromatic heterocycles. The van der Waals surface area contributed by atoms with Crippen LogP contribution in [0.25, 0.3) is 5.82 Å². The van der Waals surface area contributed by atoms with Gasteiger partial charge < -0.3 is 0 Å². The topological polar surface area (TPSA) is 30.7 Å². The summed E-state index contributed by atoms with van der Waals surface area (Å²) in [6.07, 6.45) is 8.38. The van der Waals surface area contributed by atoms with Crippen LogP contribution in [0.15, 0.2) is 24.7 Å². The average Bonchev–Trinajstić information content (AvgIpc) is 2.82. The first-order chi connectivity index (χ1) is 8.38. The molecule has 3 rings (SSSR count). The molecule has 0 radical (unpaired) electrons. The summed E-state index contributed by atoms with van der Waals surface area (Å²) in [5, 5.41) is 0. The van der Waals surface area contributed by atoms with E-state index in [1.54, 1.807) is 0 Å². The third-order valence-corrected chi connectivity index (χ3v) is 3.55. The first kappa shape index (κ1) is 10.8. The minimum atomic E-state index is 0.520. The number of hydrogen-bond donors (Lipinski definition) is 0. The Hall–Kier alpha value is -1.35. The fraction of sp³-hybridized carbons (Fsp3) is 0.385. The van der Waals surface area contributed by atoms with Gasteiger partial charge in [0.05, 0.1) is 5.69 Å². The summed E-state index contributed by atoms with van der Waals surface area (Å²) in [6, 6.07) is 3.98. The molecule has 0 saturated heterocycles. The Balaban J connectivity index is 2.05. The molecule has 4 heteroatoms. The average molecular weight is 248 g/mol. The number of aryl methyl sites for hydroxylation is 1. The van der Waals surface area contributed by atoms with Gasteiger partial charge in [-0.05, 0) is 43.4 Å². The first-order valence-electron chi connectivity index (χ1n) is 5.95. The van der Waals surface area contributed by atoms with E-state index in [1.165, 1.54) is 24.2 Å². The zero-order chi connectivity index (χ0) is 11.7. The summed E-state index contributed by atoms with van der Waals surface area (Å²) in [5.41, 5.74) is 3.64. The van der Waals surface area contributed by atoms with Crippen molar-refractivity contribution in [1.29, 1.82) is 0 Å². The van der Waals surface area contributed by atoms with Gasteiger partial charge >= 0.3 is 0 Å². The van der Waals surface area contributed by atoms with Crippen molar-refractivity contribution in [2.24, 2.45) is 0 Å². The maximum atomic E-state index is 5.85. The molecule has 1 aliphatic rings. The maximum absolute atomic E-state index is 5.85. The Kier molecular flexibility index (Phi) is 2.85. The van der Waals surface area contributed by atoms with Gasteiger partial charge in [0, 0.05) is 17.8 Å². The van der Waals surface area contributed by atoms with Crippen LogP contribution in [-0.4, -0.2) is 14.5 Å². The Bertz CT molecular complexity index is 533. The van der Waals surface area contributed by atoms with Crippen LogP contribution < -0.4 is 0 Å². The summed E-state index contributed by atoms with van der Waals surface area (Å²) < 4.78 is 2.10. The van der Waals surface area contributed by atoms with E-state index in [-0.39, 0.29) is 0 Å². The molecule has 0 aliphatic heterocycles. The lowest BCUT2D eigenvalue weighted by molar-refractivity contribution is 0.654. The fourth-order valence-electron chi connectivity index (χ4n) is 2.34. The Morgan fingerprint density at radius 3 is 3.00 bits per heavy atom. The van der Waals surface area contributed by atoms with Gasteiger partial charge in [-0.3, -0.25) is 4.57 Å². The molecule has 0 amide bonds. The molecule has 0 aromatic carbocycles. The molecule has 1 aliphatic carbocycles. The highest BCUT2D eigenvalue weighted by Gasteiger charge is 2.16. The lowest BCUT2D eigenvalue weighted by Gasteiger charge is -2.13. The van der Waals surface area contributed by atoms with Crippen LogP contribution in [0.3, 0.4) is 0 Å². The minimum Gasteiger partial charge on any atom is -0.287 e. The lowest BCUT2D eigenvalue weighted by atomic mass is 10.0. The lowest BCUT2D eigenvalue weighted by Crippen LogP contribution is -2.08. The highest BCUT2D eigenvalue weighted by molar-refractivity contribution is 6.17. The molecular formula is C13H14ClN3. The van der Waals surface area contributed by atoms with Crippen LogP contribution in [-0.2, 0) is 18.7 Å². The zero-order valence-electron chi connectivity index (χ0n) is 9.56. The predicted octanol–water partition coefficient (Wildman–Crippen LogP) is 2.88. The third-order valence-electron chi connectivity index (χ3n) is 3.24. The van der Waals surface area contributed by atoms with Crippen LogP contribution in [0.2, 0.25) is 0 Å². The van der Waals surface area contributed by atoms with Gasteiger partial charge in [-0.2, -0.15) is 0 Å². The van der Waals surface area contributed by atoms with Crippen molar-refractivity contribution in [3.05, 3.63) is 41.6 Å². The third kappa shape index (κ3) is 1.95. The molecular weight excluding hydrogens is 234 g/mol. The molecule has 0 fully saturated rings. The molecule has 2 aromatic rings. The minimum absolute atomic E-state index is 0.520. The molecule has 17 heavy (non-hydrogen) atoms. The maximum Gasteiger partial charge on any atom is 0.138 e. The van der Waals surface area contributed by atoms with Crippen molar-refractivity contribution in [2.75, 3.05) is 0 Å². The second-order valence-electron chi connectivity index (χ2n) is 4.37. The molecule has 0 bridgehead atoms. The van der Waals surface area contributed by atoms with E-state index in [2.05, 4.69) is 14.5 Å². The molecule has 0 atom stereocenters. The van der Waals surface area contributed by atoms with E-state index >= 15 is 0 Å². The molecule has 2 heterocycles. The van der Waals surface area contributed by atoms with Crippen molar-refractivity contribution < 1.29 is 0 Å². The van der Waals surface area contributed by atoms with Gasteiger partial charge in [0.15, 0.2) is 0 Å². The van der Waals surface area contributed by atoms with Gasteiger partial charge in [-0.25, -0.2) is 9.97 Å². The Labute approximate surface area is 105 Å². The van der Waals surface area contributed by atoms with E-state index in [4.69, 9.17) is 11.6 Å². The number of alkyl halides is 1. The van der Waals surface area contributed by atoms with E-state index in [9.17, 15) is 0 Å². The van der Waals surface area contributed by atoms with Crippen molar-refractivity contribution in [3.8, 4) is 5.82 Å². The Morgan fingerprint density at radius 2 is 2.12 bits per heavy atom. The monoisotopic (exact) mass is 247 g/mol. The van der Waals surface area contributed by atoms with Crippen LogP contribution >= 0.6 is 11.6 Å². The molecule has 3 nitrogen and oxygen atoms in total. The molecule has 0 saturated carbocycles. The normalized spacial score (nSPS) is 14.6. The number of hydrogen-bond acceptors (Lipinski definition) is 2. The summed E-state index contributed by atoms with van der Waals surface area (Å²) in [6.45, 7) is 0. The number of pyridine rings is 1. The molecule has 0 N–H and O–H groups in total. The largest absolute Gasteiger partial charge is 0.287 e. The predicted molar refractivity (Wildman–Crippen MR) is 67.6 cm³/mol. The number of fused-ring (bicyclic) bond motifs is 1. The summed E-state index contributed by atoms with van der Waals surface area (Å²) in [5.74, 6) is 1.45. The fourth-order valence-corrected chi connectivity index (χ4v) is 2.51. The van der Waals surface area contributed by atoms with Crippen molar-refractivity contribution in [1.82, 2.24) is 14.5 Å². The van der Waals surface area contributed by atoms with E-state index in [1.807, 2.05) is 24.7 Å². The number of halogens is 1. The summed E-state index contributed by atoms with van der Waals surface area (Å²) >= 11 is 5.85. The van der Waals surface area contributed by atoms with Gasteiger partial charge in [0.1, 0.15) is 12.1 Å².